The Morgan fingerprint density at radius 3 is 2.56 bits per heavy atom. The topological polar surface area (TPSA) is 112 Å². The number of nitro groups is 1. The number of benzene rings is 1. The fraction of sp³-hybridized carbons (Fsp3) is 0.368. The zero-order chi connectivity index (χ0) is 19.6. The number of pyridine rings is 1. The number of nitro benzene ring substituents is 1. The van der Waals surface area contributed by atoms with Gasteiger partial charge in [0.25, 0.3) is 5.56 Å². The van der Waals surface area contributed by atoms with Crippen molar-refractivity contribution in [2.45, 2.75) is 38.1 Å². The number of carbonyl (C=O) groups is 1. The third-order valence-electron chi connectivity index (χ3n) is 4.93. The van der Waals surface area contributed by atoms with Crippen LogP contribution in [0.25, 0.3) is 0 Å². The summed E-state index contributed by atoms with van der Waals surface area (Å²) >= 11 is 0. The van der Waals surface area contributed by atoms with Gasteiger partial charge in [-0.15, -0.1) is 0 Å². The number of nitrogens with zero attached hydrogens (tertiary/aromatic N) is 2. The van der Waals surface area contributed by atoms with Crippen molar-refractivity contribution in [1.82, 2.24) is 4.57 Å². The lowest BCUT2D eigenvalue weighted by molar-refractivity contribution is -0.386. The highest BCUT2D eigenvalue weighted by Gasteiger charge is 2.28. The summed E-state index contributed by atoms with van der Waals surface area (Å²) in [6, 6.07) is 5.27. The van der Waals surface area contributed by atoms with Crippen LogP contribution in [0.1, 0.15) is 54.1 Å². The molecule has 3 rings (SSSR count). The first kappa shape index (κ1) is 18.6. The summed E-state index contributed by atoms with van der Waals surface area (Å²) in [6.45, 7) is 0. The van der Waals surface area contributed by atoms with Gasteiger partial charge in [-0.05, 0) is 31.0 Å². The van der Waals surface area contributed by atoms with E-state index in [0.29, 0.717) is 0 Å². The molecule has 0 spiro atoms. The Morgan fingerprint density at radius 1 is 1.22 bits per heavy atom. The van der Waals surface area contributed by atoms with E-state index in [1.165, 1.54) is 37.6 Å². The largest absolute Gasteiger partial charge is 0.501 e. The lowest BCUT2D eigenvalue weighted by Gasteiger charge is -2.24. The van der Waals surface area contributed by atoms with Crippen LogP contribution in [0.2, 0.25) is 0 Å². The Bertz CT molecular complexity index is 944. The van der Waals surface area contributed by atoms with Crippen LogP contribution in [0.15, 0.2) is 35.3 Å². The predicted molar refractivity (Wildman–Crippen MR) is 97.6 cm³/mol. The molecule has 0 radical (unpaired) electrons. The van der Waals surface area contributed by atoms with Gasteiger partial charge in [-0.3, -0.25) is 19.7 Å². The van der Waals surface area contributed by atoms with Crippen LogP contribution in [0, 0.1) is 10.1 Å². The number of ether oxygens (including phenoxy) is 1. The first-order valence-corrected chi connectivity index (χ1v) is 8.75. The molecule has 1 aromatic carbocycles. The first-order chi connectivity index (χ1) is 12.9. The van der Waals surface area contributed by atoms with Gasteiger partial charge >= 0.3 is 5.69 Å². The summed E-state index contributed by atoms with van der Waals surface area (Å²) in [5.74, 6) is -1.48. The lowest BCUT2D eigenvalue weighted by Crippen LogP contribution is -2.26. The van der Waals surface area contributed by atoms with Crippen LogP contribution in [0.3, 0.4) is 0 Å². The number of aromatic nitrogens is 1. The SMILES string of the molecule is COc1ccc(C(=O)c2ccc(=O)n(C3CCCCC3)c2)c(O)c1[N+](=O)[O-]. The molecule has 0 saturated heterocycles. The maximum absolute atomic E-state index is 12.8. The third-order valence-corrected chi connectivity index (χ3v) is 4.93. The number of rotatable bonds is 5. The monoisotopic (exact) mass is 372 g/mol. The fourth-order valence-corrected chi connectivity index (χ4v) is 3.52. The molecule has 142 valence electrons. The molecule has 8 heteroatoms. The van der Waals surface area contributed by atoms with Crippen LogP contribution < -0.4 is 10.3 Å². The van der Waals surface area contributed by atoms with Gasteiger partial charge < -0.3 is 14.4 Å². The van der Waals surface area contributed by atoms with Gasteiger partial charge in [0.05, 0.1) is 17.6 Å². The Morgan fingerprint density at radius 2 is 1.93 bits per heavy atom. The number of hydrogen-bond acceptors (Lipinski definition) is 6. The van der Waals surface area contributed by atoms with Crippen molar-refractivity contribution in [2.75, 3.05) is 7.11 Å². The molecule has 8 nitrogen and oxygen atoms in total. The summed E-state index contributed by atoms with van der Waals surface area (Å²) in [5, 5.41) is 21.5. The minimum Gasteiger partial charge on any atom is -0.501 e. The van der Waals surface area contributed by atoms with E-state index in [0.717, 1.165) is 32.1 Å². The second-order valence-electron chi connectivity index (χ2n) is 6.55. The predicted octanol–water partition coefficient (Wildman–Crippen LogP) is 3.21. The van der Waals surface area contributed by atoms with Gasteiger partial charge in [-0.2, -0.15) is 0 Å². The number of phenols is 1. The highest BCUT2D eigenvalue weighted by atomic mass is 16.6. The summed E-state index contributed by atoms with van der Waals surface area (Å²) in [5.41, 5.74) is -0.876. The lowest BCUT2D eigenvalue weighted by atomic mass is 9.95. The fourth-order valence-electron chi connectivity index (χ4n) is 3.52. The molecular weight excluding hydrogens is 352 g/mol. The van der Waals surface area contributed by atoms with Crippen molar-refractivity contribution in [3.8, 4) is 11.5 Å². The van der Waals surface area contributed by atoms with Crippen LogP contribution in [0.5, 0.6) is 11.5 Å². The van der Waals surface area contributed by atoms with Gasteiger partial charge in [0, 0.05) is 23.9 Å². The van der Waals surface area contributed by atoms with Crippen molar-refractivity contribution in [3.05, 3.63) is 62.1 Å². The molecule has 0 unspecified atom stereocenters. The van der Waals surface area contributed by atoms with Crippen LogP contribution >= 0.6 is 0 Å². The second kappa shape index (κ2) is 7.61. The Labute approximate surface area is 155 Å². The number of ketones is 1. The summed E-state index contributed by atoms with van der Waals surface area (Å²) in [6.07, 6.45) is 6.42. The molecule has 2 aromatic rings. The first-order valence-electron chi connectivity index (χ1n) is 8.75. The molecule has 27 heavy (non-hydrogen) atoms. The molecule has 1 N–H and O–H groups in total. The van der Waals surface area contributed by atoms with E-state index in [1.54, 1.807) is 4.57 Å². The molecule has 1 saturated carbocycles. The molecule has 0 amide bonds. The number of methoxy groups -OCH3 is 1. The molecule has 0 atom stereocenters. The minimum atomic E-state index is -0.798. The number of phenolic OH excluding ortho intramolecular Hbond substituents is 1. The Hall–Kier alpha value is -3.16. The quantitative estimate of drug-likeness (QED) is 0.490. The van der Waals surface area contributed by atoms with Crippen LogP contribution in [-0.2, 0) is 0 Å². The zero-order valence-corrected chi connectivity index (χ0v) is 14.9. The molecule has 1 aromatic heterocycles. The van der Waals surface area contributed by atoms with E-state index in [4.69, 9.17) is 4.74 Å². The van der Waals surface area contributed by atoms with Crippen molar-refractivity contribution in [1.29, 1.82) is 0 Å². The Kier molecular flexibility index (Phi) is 5.25. The van der Waals surface area contributed by atoms with Crippen molar-refractivity contribution < 1.29 is 19.6 Å². The van der Waals surface area contributed by atoms with E-state index in [2.05, 4.69) is 0 Å². The third kappa shape index (κ3) is 3.55. The number of hydrogen-bond donors (Lipinski definition) is 1. The molecule has 1 heterocycles. The van der Waals surface area contributed by atoms with Gasteiger partial charge in [0.1, 0.15) is 0 Å². The zero-order valence-electron chi connectivity index (χ0n) is 14.9. The van der Waals surface area contributed by atoms with Crippen molar-refractivity contribution in [3.63, 3.8) is 0 Å². The van der Waals surface area contributed by atoms with Crippen molar-refractivity contribution >= 4 is 11.5 Å². The van der Waals surface area contributed by atoms with Gasteiger partial charge in [-0.1, -0.05) is 19.3 Å². The summed E-state index contributed by atoms with van der Waals surface area (Å²) < 4.78 is 6.44. The highest BCUT2D eigenvalue weighted by molar-refractivity contribution is 6.11. The smallest absolute Gasteiger partial charge is 0.352 e. The maximum atomic E-state index is 12.8. The van der Waals surface area contributed by atoms with E-state index in [9.17, 15) is 24.8 Å². The molecule has 1 aliphatic carbocycles. The van der Waals surface area contributed by atoms with Gasteiger partial charge in [0.15, 0.2) is 5.78 Å². The molecule has 1 aliphatic rings. The Balaban J connectivity index is 2.03. The van der Waals surface area contributed by atoms with Gasteiger partial charge in [-0.25, -0.2) is 0 Å². The summed E-state index contributed by atoms with van der Waals surface area (Å²) in [7, 11) is 1.24. The molecule has 0 bridgehead atoms. The summed E-state index contributed by atoms with van der Waals surface area (Å²) in [4.78, 5) is 35.5. The van der Waals surface area contributed by atoms with Crippen molar-refractivity contribution in [2.24, 2.45) is 0 Å². The highest BCUT2D eigenvalue weighted by Crippen LogP contribution is 2.39. The van der Waals surface area contributed by atoms with E-state index in [-0.39, 0.29) is 28.5 Å². The number of carbonyl (C=O) groups excluding carboxylic acids is 1. The normalized spacial score (nSPS) is 14.7. The number of aromatic hydroxyl groups is 1. The van der Waals surface area contributed by atoms with E-state index in [1.807, 2.05) is 0 Å². The molecule has 1 fully saturated rings. The molecule has 0 aliphatic heterocycles. The van der Waals surface area contributed by atoms with E-state index < -0.39 is 22.1 Å². The molecular formula is C19H20N2O6. The van der Waals surface area contributed by atoms with Gasteiger partial charge in [0.2, 0.25) is 11.5 Å². The van der Waals surface area contributed by atoms with Crippen LogP contribution in [-0.4, -0.2) is 27.5 Å². The average Bonchev–Trinajstić information content (AvgIpc) is 2.67. The standard InChI is InChI=1S/C19H20N2O6/c1-27-15-9-8-14(19(24)17(15)21(25)26)18(23)12-7-10-16(22)20(11-12)13-5-3-2-4-6-13/h7-11,13,24H,2-6H2,1H3. The van der Waals surface area contributed by atoms with E-state index >= 15 is 0 Å². The average molecular weight is 372 g/mol. The second-order valence-corrected chi connectivity index (χ2v) is 6.55. The van der Waals surface area contributed by atoms with Crippen LogP contribution in [0.4, 0.5) is 5.69 Å². The minimum absolute atomic E-state index is 0.0396. The maximum Gasteiger partial charge on any atom is 0.352 e.